The van der Waals surface area contributed by atoms with Crippen LogP contribution in [0, 0.1) is 5.41 Å². The van der Waals surface area contributed by atoms with Crippen LogP contribution in [0.2, 0.25) is 0 Å². The minimum Gasteiger partial charge on any atom is -0.357 e. The number of aryl methyl sites for hydroxylation is 1. The van der Waals surface area contributed by atoms with E-state index in [0.29, 0.717) is 5.41 Å². The number of nitrogens with one attached hydrogen (secondary N) is 1. The average Bonchev–Trinajstić information content (AvgIpc) is 3.02. The number of hydrogen-bond acceptors (Lipinski definition) is 5. The van der Waals surface area contributed by atoms with Crippen LogP contribution in [-0.2, 0) is 6.42 Å². The Morgan fingerprint density at radius 1 is 1.21 bits per heavy atom. The van der Waals surface area contributed by atoms with E-state index in [-0.39, 0.29) is 0 Å². The lowest BCUT2D eigenvalue weighted by atomic mass is 9.92. The van der Waals surface area contributed by atoms with Crippen LogP contribution in [0.25, 0.3) is 0 Å². The lowest BCUT2D eigenvalue weighted by Crippen LogP contribution is -2.52. The second-order valence-electron chi connectivity index (χ2n) is 7.37. The molecule has 1 saturated heterocycles. The van der Waals surface area contributed by atoms with Gasteiger partial charge in [-0.2, -0.15) is 4.37 Å². The third kappa shape index (κ3) is 5.61. The predicted octanol–water partition coefficient (Wildman–Crippen LogP) is 2.62. The Bertz CT molecular complexity index is 525. The fourth-order valence-corrected chi connectivity index (χ4v) is 3.35. The van der Waals surface area contributed by atoms with Crippen molar-refractivity contribution in [1.29, 1.82) is 0 Å². The van der Waals surface area contributed by atoms with E-state index in [9.17, 15) is 0 Å². The maximum absolute atomic E-state index is 4.83. The van der Waals surface area contributed by atoms with Crippen LogP contribution in [0.1, 0.15) is 46.9 Å². The minimum atomic E-state index is 0.328. The van der Waals surface area contributed by atoms with Gasteiger partial charge in [-0.05, 0) is 18.8 Å². The summed E-state index contributed by atoms with van der Waals surface area (Å²) in [5, 5.41) is 4.50. The number of aromatic nitrogens is 2. The second-order valence-corrected chi connectivity index (χ2v) is 8.10. The molecule has 1 N–H and O–H groups in total. The topological polar surface area (TPSA) is 56.7 Å². The summed E-state index contributed by atoms with van der Waals surface area (Å²) in [7, 11) is 0. The summed E-state index contributed by atoms with van der Waals surface area (Å²) in [5.74, 6) is 2.00. The summed E-state index contributed by atoms with van der Waals surface area (Å²) in [6.45, 7) is 16.7. The zero-order valence-corrected chi connectivity index (χ0v) is 16.6. The lowest BCUT2D eigenvalue weighted by molar-refractivity contribution is 0.364. The second kappa shape index (κ2) is 8.65. The van der Waals surface area contributed by atoms with E-state index in [1.165, 1.54) is 11.5 Å². The number of anilines is 1. The van der Waals surface area contributed by atoms with E-state index >= 15 is 0 Å². The van der Waals surface area contributed by atoms with E-state index in [0.717, 1.165) is 69.0 Å². The van der Waals surface area contributed by atoms with Crippen LogP contribution in [0.4, 0.5) is 5.13 Å². The monoisotopic (exact) mass is 352 g/mol. The van der Waals surface area contributed by atoms with Crippen LogP contribution in [0.15, 0.2) is 4.99 Å². The maximum Gasteiger partial charge on any atom is 0.205 e. The van der Waals surface area contributed by atoms with Gasteiger partial charge in [-0.3, -0.25) is 4.99 Å². The molecule has 1 aliphatic heterocycles. The first kappa shape index (κ1) is 19.0. The van der Waals surface area contributed by atoms with Crippen molar-refractivity contribution in [3.63, 3.8) is 0 Å². The number of hydrogen-bond donors (Lipinski definition) is 1. The highest BCUT2D eigenvalue weighted by Gasteiger charge is 2.22. The maximum atomic E-state index is 4.83. The Hall–Kier alpha value is -1.37. The Morgan fingerprint density at radius 3 is 2.46 bits per heavy atom. The highest BCUT2D eigenvalue weighted by atomic mass is 32.1. The summed E-state index contributed by atoms with van der Waals surface area (Å²) < 4.78 is 4.40. The number of guanidine groups is 1. The van der Waals surface area contributed by atoms with Crippen LogP contribution in [0.3, 0.4) is 0 Å². The first-order chi connectivity index (χ1) is 11.4. The molecule has 2 rings (SSSR count). The molecule has 0 radical (unpaired) electrons. The Balaban J connectivity index is 1.90. The van der Waals surface area contributed by atoms with Gasteiger partial charge < -0.3 is 15.1 Å². The highest BCUT2D eigenvalue weighted by Crippen LogP contribution is 2.20. The summed E-state index contributed by atoms with van der Waals surface area (Å²) >= 11 is 1.52. The van der Waals surface area contributed by atoms with E-state index in [1.807, 2.05) is 0 Å². The zero-order valence-electron chi connectivity index (χ0n) is 15.8. The molecule has 6 nitrogen and oxygen atoms in total. The molecular weight excluding hydrogens is 320 g/mol. The zero-order chi connectivity index (χ0) is 17.6. The largest absolute Gasteiger partial charge is 0.357 e. The van der Waals surface area contributed by atoms with Gasteiger partial charge in [0.2, 0.25) is 5.13 Å². The molecular formula is C17H32N6S. The van der Waals surface area contributed by atoms with Crippen molar-refractivity contribution in [1.82, 2.24) is 19.6 Å². The van der Waals surface area contributed by atoms with Crippen LogP contribution in [0.5, 0.6) is 0 Å². The van der Waals surface area contributed by atoms with Crippen molar-refractivity contribution in [3.05, 3.63) is 5.82 Å². The van der Waals surface area contributed by atoms with Gasteiger partial charge in [0, 0.05) is 57.2 Å². The average molecular weight is 353 g/mol. The van der Waals surface area contributed by atoms with Crippen molar-refractivity contribution >= 4 is 22.6 Å². The van der Waals surface area contributed by atoms with Gasteiger partial charge in [0.15, 0.2) is 5.96 Å². The third-order valence-corrected chi connectivity index (χ3v) is 4.90. The summed E-state index contributed by atoms with van der Waals surface area (Å²) in [4.78, 5) is 14.1. The quantitative estimate of drug-likeness (QED) is 0.652. The molecule has 0 bridgehead atoms. The fourth-order valence-electron chi connectivity index (χ4n) is 2.55. The third-order valence-electron chi connectivity index (χ3n) is 4.08. The molecule has 1 aromatic rings. The van der Waals surface area contributed by atoms with Gasteiger partial charge in [-0.15, -0.1) is 0 Å². The van der Waals surface area contributed by atoms with Gasteiger partial charge in [-0.25, -0.2) is 4.98 Å². The van der Waals surface area contributed by atoms with Gasteiger partial charge in [0.25, 0.3) is 0 Å². The molecule has 0 unspecified atom stereocenters. The summed E-state index contributed by atoms with van der Waals surface area (Å²) in [5.41, 5.74) is 0.328. The Labute approximate surface area is 150 Å². The van der Waals surface area contributed by atoms with Gasteiger partial charge >= 0.3 is 0 Å². The molecule has 1 aliphatic rings. The number of aliphatic imine (C=N–C) groups is 1. The van der Waals surface area contributed by atoms with Gasteiger partial charge in [-0.1, -0.05) is 27.7 Å². The van der Waals surface area contributed by atoms with Crippen LogP contribution in [-0.4, -0.2) is 59.5 Å². The van der Waals surface area contributed by atoms with E-state index < -0.39 is 0 Å². The van der Waals surface area contributed by atoms with Crippen molar-refractivity contribution in [2.75, 3.05) is 44.2 Å². The predicted molar refractivity (Wildman–Crippen MR) is 103 cm³/mol. The normalized spacial score (nSPS) is 16.6. The van der Waals surface area contributed by atoms with Crippen molar-refractivity contribution in [3.8, 4) is 0 Å². The molecule has 0 amide bonds. The Morgan fingerprint density at radius 2 is 1.92 bits per heavy atom. The molecule has 1 fully saturated rings. The molecule has 24 heavy (non-hydrogen) atoms. The molecule has 0 saturated carbocycles. The van der Waals surface area contributed by atoms with Crippen molar-refractivity contribution in [2.24, 2.45) is 10.4 Å². The molecule has 0 aromatic carbocycles. The summed E-state index contributed by atoms with van der Waals surface area (Å²) in [6, 6.07) is 0. The van der Waals surface area contributed by atoms with Crippen LogP contribution < -0.4 is 10.2 Å². The molecule has 7 heteroatoms. The molecule has 0 aliphatic carbocycles. The standard InChI is InChI=1S/C17H32N6S/c1-6-14-20-16(24-21-14)23-12-10-22(11-13-23)15(18-7-2)19-9-8-17(3,4)5/h6-13H2,1-5H3,(H,18,19). The Kier molecular flexibility index (Phi) is 6.83. The van der Waals surface area contributed by atoms with Gasteiger partial charge in [0.1, 0.15) is 5.82 Å². The SMILES string of the molecule is CCNC(=NCCC(C)(C)C)N1CCN(c2nc(CC)ns2)CC1. The molecule has 0 spiro atoms. The fraction of sp³-hybridized carbons (Fsp3) is 0.824. The highest BCUT2D eigenvalue weighted by molar-refractivity contribution is 7.09. The number of piperazine rings is 1. The number of rotatable bonds is 5. The van der Waals surface area contributed by atoms with Crippen LogP contribution >= 0.6 is 11.5 Å². The molecule has 2 heterocycles. The molecule has 1 aromatic heterocycles. The van der Waals surface area contributed by atoms with E-state index in [4.69, 9.17) is 4.99 Å². The molecule has 136 valence electrons. The van der Waals surface area contributed by atoms with Gasteiger partial charge in [0.05, 0.1) is 0 Å². The minimum absolute atomic E-state index is 0.328. The van der Waals surface area contributed by atoms with Crippen molar-refractivity contribution in [2.45, 2.75) is 47.5 Å². The smallest absolute Gasteiger partial charge is 0.205 e. The first-order valence-corrected chi connectivity index (χ1v) is 9.81. The summed E-state index contributed by atoms with van der Waals surface area (Å²) in [6.07, 6.45) is 2.01. The number of nitrogens with zero attached hydrogens (tertiary/aromatic N) is 5. The lowest BCUT2D eigenvalue weighted by Gasteiger charge is -2.36. The van der Waals surface area contributed by atoms with Crippen molar-refractivity contribution < 1.29 is 0 Å². The first-order valence-electron chi connectivity index (χ1n) is 9.03. The molecule has 0 atom stereocenters. The van der Waals surface area contributed by atoms with E-state index in [1.54, 1.807) is 0 Å². The van der Waals surface area contributed by atoms with E-state index in [2.05, 4.69) is 59.1 Å².